The predicted octanol–water partition coefficient (Wildman–Crippen LogP) is 2.71. The summed E-state index contributed by atoms with van der Waals surface area (Å²) in [5, 5.41) is 4.15. The van der Waals surface area contributed by atoms with Crippen LogP contribution in [0.2, 0.25) is 5.28 Å². The zero-order valence-electron chi connectivity index (χ0n) is 11.7. The van der Waals surface area contributed by atoms with E-state index in [-0.39, 0.29) is 17.7 Å². The van der Waals surface area contributed by atoms with Crippen LogP contribution < -0.4 is 5.32 Å². The molecular weight excluding hydrogens is 288 g/mol. The van der Waals surface area contributed by atoms with E-state index in [4.69, 9.17) is 11.6 Å². The number of hydrogen-bond donors (Lipinski definition) is 1. The maximum absolute atomic E-state index is 12.2. The highest BCUT2D eigenvalue weighted by Crippen LogP contribution is 2.21. The summed E-state index contributed by atoms with van der Waals surface area (Å²) in [7, 11) is 0. The van der Waals surface area contributed by atoms with E-state index in [1.165, 1.54) is 6.42 Å². The van der Waals surface area contributed by atoms with Crippen molar-refractivity contribution in [3.63, 3.8) is 0 Å². The van der Waals surface area contributed by atoms with Crippen LogP contribution >= 0.6 is 11.6 Å². The van der Waals surface area contributed by atoms with Gasteiger partial charge in [0, 0.05) is 18.5 Å². The number of benzene rings is 1. The molecule has 0 radical (unpaired) electrons. The van der Waals surface area contributed by atoms with Gasteiger partial charge >= 0.3 is 0 Å². The van der Waals surface area contributed by atoms with Crippen molar-refractivity contribution in [2.24, 2.45) is 0 Å². The maximum atomic E-state index is 12.2. The van der Waals surface area contributed by atoms with Crippen molar-refractivity contribution in [3.05, 3.63) is 29.5 Å². The summed E-state index contributed by atoms with van der Waals surface area (Å²) in [5.74, 6) is 0.712. The molecule has 1 aromatic heterocycles. The number of aromatic nitrogens is 2. The van der Waals surface area contributed by atoms with E-state index in [0.29, 0.717) is 5.82 Å². The molecule has 2 heterocycles. The van der Waals surface area contributed by atoms with E-state index in [0.717, 1.165) is 36.8 Å². The van der Waals surface area contributed by atoms with Crippen molar-refractivity contribution in [2.45, 2.75) is 19.3 Å². The van der Waals surface area contributed by atoms with Crippen LogP contribution in [-0.4, -0.2) is 40.4 Å². The Kier molecular flexibility index (Phi) is 4.20. The van der Waals surface area contributed by atoms with Gasteiger partial charge in [0.05, 0.1) is 12.1 Å². The van der Waals surface area contributed by atoms with Crippen LogP contribution in [0.25, 0.3) is 10.9 Å². The lowest BCUT2D eigenvalue weighted by atomic mass is 10.1. The predicted molar refractivity (Wildman–Crippen MR) is 83.5 cm³/mol. The molecule has 6 heteroatoms. The molecule has 110 valence electrons. The van der Waals surface area contributed by atoms with Crippen molar-refractivity contribution >= 4 is 34.2 Å². The number of hydrogen-bond acceptors (Lipinski definition) is 4. The Morgan fingerprint density at radius 1 is 1.19 bits per heavy atom. The number of carbonyl (C=O) groups is 1. The van der Waals surface area contributed by atoms with Crippen molar-refractivity contribution in [1.82, 2.24) is 14.9 Å². The number of nitrogens with one attached hydrogen (secondary N) is 1. The number of likely N-dealkylation sites (tertiary alicyclic amines) is 1. The molecule has 1 aliphatic rings. The SMILES string of the molecule is O=C(CNc1nc(Cl)nc2ccccc12)N1CCCCC1. The first-order valence-corrected chi connectivity index (χ1v) is 7.56. The third kappa shape index (κ3) is 3.24. The quantitative estimate of drug-likeness (QED) is 0.886. The Morgan fingerprint density at radius 2 is 1.95 bits per heavy atom. The summed E-state index contributed by atoms with van der Waals surface area (Å²) in [6.07, 6.45) is 3.39. The first kappa shape index (κ1) is 14.1. The van der Waals surface area contributed by atoms with Crippen molar-refractivity contribution in [1.29, 1.82) is 0 Å². The Labute approximate surface area is 128 Å². The molecule has 0 saturated carbocycles. The first-order valence-electron chi connectivity index (χ1n) is 7.18. The molecule has 1 N–H and O–H groups in total. The largest absolute Gasteiger partial charge is 0.360 e. The number of nitrogens with zero attached hydrogens (tertiary/aromatic N) is 3. The van der Waals surface area contributed by atoms with Gasteiger partial charge in [0.1, 0.15) is 5.82 Å². The van der Waals surface area contributed by atoms with Crippen LogP contribution in [0.1, 0.15) is 19.3 Å². The standard InChI is InChI=1S/C15H17ClN4O/c16-15-18-12-7-3-2-6-11(12)14(19-15)17-10-13(21)20-8-4-1-5-9-20/h2-3,6-7H,1,4-5,8-10H2,(H,17,18,19). The second-order valence-electron chi connectivity index (χ2n) is 5.15. The average Bonchev–Trinajstić information content (AvgIpc) is 2.53. The molecule has 1 aliphatic heterocycles. The van der Waals surface area contributed by atoms with E-state index in [1.807, 2.05) is 29.2 Å². The van der Waals surface area contributed by atoms with Gasteiger partial charge in [0.15, 0.2) is 0 Å². The zero-order valence-corrected chi connectivity index (χ0v) is 12.4. The summed E-state index contributed by atoms with van der Waals surface area (Å²) in [6, 6.07) is 7.60. The Hall–Kier alpha value is -1.88. The summed E-state index contributed by atoms with van der Waals surface area (Å²) in [6.45, 7) is 1.94. The van der Waals surface area contributed by atoms with Crippen molar-refractivity contribution in [3.8, 4) is 0 Å². The molecule has 21 heavy (non-hydrogen) atoms. The molecule has 0 spiro atoms. The number of fused-ring (bicyclic) bond motifs is 1. The number of carbonyl (C=O) groups excluding carboxylic acids is 1. The van der Waals surface area contributed by atoms with Gasteiger partial charge in [-0.25, -0.2) is 9.97 Å². The number of halogens is 1. The van der Waals surface area contributed by atoms with Gasteiger partial charge in [-0.05, 0) is 43.0 Å². The molecular formula is C15H17ClN4O. The third-order valence-corrected chi connectivity index (χ3v) is 3.86. The van der Waals surface area contributed by atoms with Gasteiger partial charge in [-0.3, -0.25) is 4.79 Å². The average molecular weight is 305 g/mol. The van der Waals surface area contributed by atoms with Crippen LogP contribution in [0.5, 0.6) is 0 Å². The highest BCUT2D eigenvalue weighted by molar-refractivity contribution is 6.28. The van der Waals surface area contributed by atoms with Crippen LogP contribution in [0.4, 0.5) is 5.82 Å². The van der Waals surface area contributed by atoms with E-state index in [2.05, 4.69) is 15.3 Å². The van der Waals surface area contributed by atoms with Gasteiger partial charge in [-0.2, -0.15) is 0 Å². The van der Waals surface area contributed by atoms with Gasteiger partial charge in [-0.15, -0.1) is 0 Å². The molecule has 3 rings (SSSR count). The molecule has 5 nitrogen and oxygen atoms in total. The summed E-state index contributed by atoms with van der Waals surface area (Å²) < 4.78 is 0. The highest BCUT2D eigenvalue weighted by Gasteiger charge is 2.16. The van der Waals surface area contributed by atoms with Gasteiger partial charge in [0.25, 0.3) is 0 Å². The molecule has 1 saturated heterocycles. The lowest BCUT2D eigenvalue weighted by molar-refractivity contribution is -0.130. The number of para-hydroxylation sites is 1. The molecule has 0 aliphatic carbocycles. The summed E-state index contributed by atoms with van der Waals surface area (Å²) in [4.78, 5) is 22.4. The topological polar surface area (TPSA) is 58.1 Å². The minimum absolute atomic E-state index is 0.105. The van der Waals surface area contributed by atoms with Gasteiger partial charge in [0.2, 0.25) is 11.2 Å². The first-order chi connectivity index (χ1) is 10.2. The molecule has 1 amide bonds. The maximum Gasteiger partial charge on any atom is 0.241 e. The van der Waals surface area contributed by atoms with Crippen LogP contribution in [0.15, 0.2) is 24.3 Å². The normalized spacial score (nSPS) is 15.2. The number of piperidine rings is 1. The number of anilines is 1. The smallest absolute Gasteiger partial charge is 0.241 e. The molecule has 0 unspecified atom stereocenters. The molecule has 2 aromatic rings. The minimum Gasteiger partial charge on any atom is -0.360 e. The number of rotatable bonds is 3. The lowest BCUT2D eigenvalue weighted by Crippen LogP contribution is -2.39. The fourth-order valence-corrected chi connectivity index (χ4v) is 2.77. The monoisotopic (exact) mass is 304 g/mol. The van der Waals surface area contributed by atoms with E-state index < -0.39 is 0 Å². The Bertz CT molecular complexity index is 655. The van der Waals surface area contributed by atoms with Crippen LogP contribution in [0, 0.1) is 0 Å². The number of amides is 1. The van der Waals surface area contributed by atoms with Crippen molar-refractivity contribution < 1.29 is 4.79 Å². The third-order valence-electron chi connectivity index (χ3n) is 3.69. The lowest BCUT2D eigenvalue weighted by Gasteiger charge is -2.26. The highest BCUT2D eigenvalue weighted by atomic mass is 35.5. The fraction of sp³-hybridized carbons (Fsp3) is 0.400. The molecule has 0 bridgehead atoms. The van der Waals surface area contributed by atoms with Crippen molar-refractivity contribution in [2.75, 3.05) is 25.0 Å². The second-order valence-corrected chi connectivity index (χ2v) is 5.49. The molecule has 1 fully saturated rings. The van der Waals surface area contributed by atoms with Gasteiger partial charge < -0.3 is 10.2 Å². The van der Waals surface area contributed by atoms with E-state index in [1.54, 1.807) is 0 Å². The zero-order chi connectivity index (χ0) is 14.7. The van der Waals surface area contributed by atoms with Crippen LogP contribution in [0.3, 0.4) is 0 Å². The molecule has 1 aromatic carbocycles. The van der Waals surface area contributed by atoms with E-state index in [9.17, 15) is 4.79 Å². The van der Waals surface area contributed by atoms with Gasteiger partial charge in [-0.1, -0.05) is 12.1 Å². The Morgan fingerprint density at radius 3 is 2.76 bits per heavy atom. The second kappa shape index (κ2) is 6.26. The van der Waals surface area contributed by atoms with E-state index >= 15 is 0 Å². The minimum atomic E-state index is 0.105. The summed E-state index contributed by atoms with van der Waals surface area (Å²) >= 11 is 5.93. The fourth-order valence-electron chi connectivity index (χ4n) is 2.60. The Balaban J connectivity index is 1.74. The molecule has 0 atom stereocenters. The summed E-state index contributed by atoms with van der Waals surface area (Å²) in [5.41, 5.74) is 0.769. The van der Waals surface area contributed by atoms with Crippen LogP contribution in [-0.2, 0) is 4.79 Å².